The Balaban J connectivity index is 1.74. The van der Waals surface area contributed by atoms with Crippen molar-refractivity contribution in [1.82, 2.24) is 10.2 Å². The number of nitrogens with one attached hydrogen (secondary N) is 1. The lowest BCUT2D eigenvalue weighted by Crippen LogP contribution is -3.00. The molecular formula is C19H36N3O2S+. The summed E-state index contributed by atoms with van der Waals surface area (Å²) < 4.78 is 0. The van der Waals surface area contributed by atoms with Crippen molar-refractivity contribution >= 4 is 23.6 Å². The van der Waals surface area contributed by atoms with E-state index in [-0.39, 0.29) is 22.9 Å². The van der Waals surface area contributed by atoms with E-state index in [1.807, 2.05) is 16.7 Å². The van der Waals surface area contributed by atoms with E-state index >= 15 is 0 Å². The van der Waals surface area contributed by atoms with Crippen LogP contribution in [-0.2, 0) is 9.59 Å². The third-order valence-corrected chi connectivity index (χ3v) is 7.24. The Morgan fingerprint density at radius 3 is 2.60 bits per heavy atom. The van der Waals surface area contributed by atoms with Crippen molar-refractivity contribution in [1.29, 1.82) is 0 Å². The Labute approximate surface area is 157 Å². The number of rotatable bonds is 8. The molecule has 5 nitrogen and oxygen atoms in total. The first kappa shape index (κ1) is 20.6. The molecule has 0 saturated carbocycles. The quantitative estimate of drug-likeness (QED) is 0.641. The van der Waals surface area contributed by atoms with Gasteiger partial charge in [-0.05, 0) is 19.8 Å². The van der Waals surface area contributed by atoms with Crippen molar-refractivity contribution in [2.75, 3.05) is 18.8 Å². The fourth-order valence-corrected chi connectivity index (χ4v) is 5.12. The second-order valence-electron chi connectivity index (χ2n) is 7.66. The fourth-order valence-electron chi connectivity index (χ4n) is 3.63. The summed E-state index contributed by atoms with van der Waals surface area (Å²) in [5.41, 5.74) is 0. The molecule has 2 atom stereocenters. The highest BCUT2D eigenvalue weighted by atomic mass is 32.2. The van der Waals surface area contributed by atoms with Crippen LogP contribution in [0, 0.1) is 0 Å². The molecule has 2 aliphatic heterocycles. The van der Waals surface area contributed by atoms with Gasteiger partial charge in [0.15, 0.2) is 6.04 Å². The number of unbranched alkanes of at least 4 members (excludes halogenated alkanes) is 3. The van der Waals surface area contributed by atoms with Gasteiger partial charge in [-0.15, -0.1) is 0 Å². The number of hydrogen-bond donors (Lipinski definition) is 2. The molecule has 3 N–H and O–H groups in total. The zero-order chi connectivity index (χ0) is 18.3. The second kappa shape index (κ2) is 9.81. The topological polar surface area (TPSA) is 66.0 Å². The molecule has 2 amide bonds. The number of amides is 2. The van der Waals surface area contributed by atoms with Gasteiger partial charge >= 0.3 is 0 Å². The van der Waals surface area contributed by atoms with Gasteiger partial charge in [0.05, 0.1) is 5.75 Å². The Morgan fingerprint density at radius 1 is 1.24 bits per heavy atom. The Bertz CT molecular complexity index is 450. The van der Waals surface area contributed by atoms with E-state index in [1.165, 1.54) is 12.8 Å². The number of likely N-dealkylation sites (tertiary alicyclic amines) is 1. The lowest BCUT2D eigenvalue weighted by molar-refractivity contribution is -0.714. The van der Waals surface area contributed by atoms with Crippen LogP contribution in [0.3, 0.4) is 0 Å². The minimum Gasteiger partial charge on any atom is -0.348 e. The van der Waals surface area contributed by atoms with Crippen LogP contribution in [-0.4, -0.2) is 52.5 Å². The fraction of sp³-hybridized carbons (Fsp3) is 0.895. The van der Waals surface area contributed by atoms with Gasteiger partial charge in [-0.1, -0.05) is 44.9 Å². The highest BCUT2D eigenvalue weighted by Gasteiger charge is 2.48. The van der Waals surface area contributed by atoms with Crippen LogP contribution in [0.4, 0.5) is 0 Å². The second-order valence-corrected chi connectivity index (χ2v) is 9.09. The summed E-state index contributed by atoms with van der Waals surface area (Å²) in [5, 5.41) is 5.38. The molecule has 2 heterocycles. The van der Waals surface area contributed by atoms with E-state index in [4.69, 9.17) is 0 Å². The number of nitrogens with zero attached hydrogens (tertiary/aromatic N) is 1. The minimum atomic E-state index is 0.0234. The van der Waals surface area contributed by atoms with Crippen LogP contribution < -0.4 is 10.6 Å². The number of carbonyl (C=O) groups excluding carboxylic acids is 2. The minimum absolute atomic E-state index is 0.0234. The molecule has 2 rings (SSSR count). The number of quaternary nitrogens is 1. The molecule has 0 bridgehead atoms. The lowest BCUT2D eigenvalue weighted by Gasteiger charge is -2.36. The average Bonchev–Trinajstić information content (AvgIpc) is 3.03. The van der Waals surface area contributed by atoms with Gasteiger partial charge in [0.2, 0.25) is 5.91 Å². The van der Waals surface area contributed by atoms with Crippen LogP contribution in [0.25, 0.3) is 0 Å². The maximum Gasteiger partial charge on any atom is 0.279 e. The summed E-state index contributed by atoms with van der Waals surface area (Å²) in [5.74, 6) is 1.38. The first-order valence-electron chi connectivity index (χ1n) is 10.1. The van der Waals surface area contributed by atoms with E-state index in [1.54, 1.807) is 0 Å². The van der Waals surface area contributed by atoms with E-state index in [9.17, 15) is 9.59 Å². The number of carbonyl (C=O) groups is 2. The Kier molecular flexibility index (Phi) is 8.07. The molecule has 25 heavy (non-hydrogen) atoms. The monoisotopic (exact) mass is 370 g/mol. The highest BCUT2D eigenvalue weighted by molar-refractivity contribution is 8.00. The van der Waals surface area contributed by atoms with Crippen LogP contribution in [0.15, 0.2) is 0 Å². The number of thioether (sulfide) groups is 1. The summed E-state index contributed by atoms with van der Waals surface area (Å²) in [4.78, 5) is 26.8. The molecule has 0 unspecified atom stereocenters. The van der Waals surface area contributed by atoms with Gasteiger partial charge in [-0.25, -0.2) is 0 Å². The zero-order valence-electron chi connectivity index (χ0n) is 16.2. The molecule has 0 aromatic heterocycles. The molecular weight excluding hydrogens is 334 g/mol. The van der Waals surface area contributed by atoms with Gasteiger partial charge in [0.1, 0.15) is 4.87 Å². The largest absolute Gasteiger partial charge is 0.348 e. The molecule has 6 heteroatoms. The predicted molar refractivity (Wildman–Crippen MR) is 103 cm³/mol. The lowest BCUT2D eigenvalue weighted by atomic mass is 10.0. The van der Waals surface area contributed by atoms with Crippen molar-refractivity contribution < 1.29 is 14.9 Å². The maximum atomic E-state index is 12.4. The molecule has 1 spiro atoms. The van der Waals surface area contributed by atoms with E-state index in [2.05, 4.69) is 31.4 Å². The van der Waals surface area contributed by atoms with Gasteiger partial charge < -0.3 is 15.5 Å². The Hall–Kier alpha value is -0.750. The van der Waals surface area contributed by atoms with Crippen molar-refractivity contribution in [3.8, 4) is 0 Å². The van der Waals surface area contributed by atoms with Gasteiger partial charge in [0, 0.05) is 38.4 Å². The van der Waals surface area contributed by atoms with Crippen molar-refractivity contribution in [3.63, 3.8) is 0 Å². The third-order valence-electron chi connectivity index (χ3n) is 5.60. The average molecular weight is 371 g/mol. The summed E-state index contributed by atoms with van der Waals surface area (Å²) in [6, 6.07) is 0.268. The molecule has 0 aromatic carbocycles. The van der Waals surface area contributed by atoms with Crippen LogP contribution >= 0.6 is 11.8 Å². The molecule has 0 radical (unpaired) electrons. The SMILES string of the molecule is CCCCCCC(=O)N1CCC2(CC1)[NH2+][C@@H](C(=O)N[C@@H](C)CC)CS2. The Morgan fingerprint density at radius 2 is 1.96 bits per heavy atom. The summed E-state index contributed by atoms with van der Waals surface area (Å²) in [6.07, 6.45) is 8.26. The molecule has 2 saturated heterocycles. The molecule has 0 aromatic rings. The van der Waals surface area contributed by atoms with Gasteiger partial charge in [-0.2, -0.15) is 0 Å². The number of hydrogen-bond acceptors (Lipinski definition) is 3. The summed E-state index contributed by atoms with van der Waals surface area (Å²) >= 11 is 1.92. The van der Waals surface area contributed by atoms with Crippen molar-refractivity contribution in [3.05, 3.63) is 0 Å². The van der Waals surface area contributed by atoms with Gasteiger partial charge in [-0.3, -0.25) is 9.59 Å². The first-order valence-corrected chi connectivity index (χ1v) is 11.1. The van der Waals surface area contributed by atoms with Crippen LogP contribution in [0.2, 0.25) is 0 Å². The molecule has 2 fully saturated rings. The van der Waals surface area contributed by atoms with Crippen molar-refractivity contribution in [2.24, 2.45) is 0 Å². The third kappa shape index (κ3) is 5.88. The number of nitrogens with two attached hydrogens (primary N) is 1. The zero-order valence-corrected chi connectivity index (χ0v) is 17.0. The van der Waals surface area contributed by atoms with Crippen LogP contribution in [0.1, 0.15) is 72.1 Å². The smallest absolute Gasteiger partial charge is 0.279 e. The van der Waals surface area contributed by atoms with E-state index in [0.29, 0.717) is 12.3 Å². The highest BCUT2D eigenvalue weighted by Crippen LogP contribution is 2.34. The molecule has 0 aliphatic carbocycles. The first-order chi connectivity index (χ1) is 12.0. The predicted octanol–water partition coefficient (Wildman–Crippen LogP) is 1.87. The number of piperidine rings is 1. The van der Waals surface area contributed by atoms with E-state index in [0.717, 1.165) is 50.9 Å². The van der Waals surface area contributed by atoms with Gasteiger partial charge in [0.25, 0.3) is 5.91 Å². The summed E-state index contributed by atoms with van der Waals surface area (Å²) in [7, 11) is 0. The van der Waals surface area contributed by atoms with Crippen molar-refractivity contribution in [2.45, 2.75) is 89.1 Å². The summed E-state index contributed by atoms with van der Waals surface area (Å²) in [6.45, 7) is 8.03. The molecule has 144 valence electrons. The maximum absolute atomic E-state index is 12.4. The molecule has 2 aliphatic rings. The van der Waals surface area contributed by atoms with Crippen LogP contribution in [0.5, 0.6) is 0 Å². The standard InChI is InChI=1S/C19H35N3O2S/c1-4-6-7-8-9-17(23)22-12-10-19(11-13-22)21-16(14-25-19)18(24)20-15(3)5-2/h15-16,21H,4-14H2,1-3H3,(H,20,24)/p+1/t15-,16+/m0/s1. The van der Waals surface area contributed by atoms with E-state index < -0.39 is 0 Å². The normalized spacial score (nSPS) is 23.6.